The van der Waals surface area contributed by atoms with Gasteiger partial charge in [-0.3, -0.25) is 4.79 Å². The van der Waals surface area contributed by atoms with Gasteiger partial charge in [0.1, 0.15) is 17.1 Å². The van der Waals surface area contributed by atoms with E-state index >= 15 is 0 Å². The first-order valence-electron chi connectivity index (χ1n) is 5.60. The van der Waals surface area contributed by atoms with E-state index in [1.807, 2.05) is 0 Å². The first-order valence-corrected chi connectivity index (χ1v) is 5.60. The van der Waals surface area contributed by atoms with E-state index in [0.29, 0.717) is 17.1 Å². The fourth-order valence-electron chi connectivity index (χ4n) is 1.46. The Balaban J connectivity index is 2.96. The van der Waals surface area contributed by atoms with Gasteiger partial charge in [0.05, 0.1) is 19.8 Å². The molecule has 0 heterocycles. The molecule has 0 radical (unpaired) electrons. The monoisotopic (exact) mass is 253 g/mol. The van der Waals surface area contributed by atoms with Gasteiger partial charge in [0.2, 0.25) is 0 Å². The molecular formula is C13H19NO4. The molecule has 0 bridgehead atoms. The first kappa shape index (κ1) is 14.3. The molecule has 0 aliphatic heterocycles. The lowest BCUT2D eigenvalue weighted by molar-refractivity contribution is 0.0691. The van der Waals surface area contributed by atoms with E-state index in [-0.39, 0.29) is 12.5 Å². The highest BCUT2D eigenvalue weighted by atomic mass is 16.5. The van der Waals surface area contributed by atoms with Crippen molar-refractivity contribution < 1.29 is 19.4 Å². The Bertz CT molecular complexity index is 401. The quantitative estimate of drug-likeness (QED) is 0.827. The summed E-state index contributed by atoms with van der Waals surface area (Å²) in [6.07, 6.45) is 0. The largest absolute Gasteiger partial charge is 0.496 e. The molecule has 1 aromatic rings. The van der Waals surface area contributed by atoms with Crippen LogP contribution in [0.1, 0.15) is 24.2 Å². The average Bonchev–Trinajstić information content (AvgIpc) is 2.33. The third-order valence-electron chi connectivity index (χ3n) is 2.34. The van der Waals surface area contributed by atoms with Crippen molar-refractivity contribution in [2.45, 2.75) is 19.4 Å². The van der Waals surface area contributed by atoms with E-state index in [1.165, 1.54) is 14.2 Å². The third-order valence-corrected chi connectivity index (χ3v) is 2.34. The summed E-state index contributed by atoms with van der Waals surface area (Å²) in [6.45, 7) is 3.38. The van der Waals surface area contributed by atoms with Gasteiger partial charge in [-0.1, -0.05) is 6.07 Å². The zero-order valence-corrected chi connectivity index (χ0v) is 11.1. The van der Waals surface area contributed by atoms with Crippen LogP contribution in [0, 0.1) is 0 Å². The lowest BCUT2D eigenvalue weighted by Crippen LogP contribution is -2.38. The lowest BCUT2D eigenvalue weighted by Gasteiger charge is -2.19. The Morgan fingerprint density at radius 3 is 2.17 bits per heavy atom. The summed E-state index contributed by atoms with van der Waals surface area (Å²) in [7, 11) is 2.98. The van der Waals surface area contributed by atoms with Crippen LogP contribution in [0.5, 0.6) is 11.5 Å². The van der Waals surface area contributed by atoms with E-state index in [0.717, 1.165) is 0 Å². The highest BCUT2D eigenvalue weighted by Crippen LogP contribution is 2.27. The SMILES string of the molecule is COc1cccc(OC)c1C(=O)NCC(C)(C)O. The number of ether oxygens (including phenoxy) is 2. The van der Waals surface area contributed by atoms with Crippen LogP contribution in [0.3, 0.4) is 0 Å². The molecule has 5 nitrogen and oxygen atoms in total. The lowest BCUT2D eigenvalue weighted by atomic mass is 10.1. The topological polar surface area (TPSA) is 67.8 Å². The summed E-state index contributed by atoms with van der Waals surface area (Å²) in [5.74, 6) is 0.525. The summed E-state index contributed by atoms with van der Waals surface area (Å²) in [6, 6.07) is 5.10. The van der Waals surface area contributed by atoms with Crippen LogP contribution in [-0.2, 0) is 0 Å². The minimum absolute atomic E-state index is 0.146. The number of amides is 1. The Morgan fingerprint density at radius 1 is 1.28 bits per heavy atom. The molecule has 0 saturated heterocycles. The van der Waals surface area contributed by atoms with Crippen molar-refractivity contribution in [3.63, 3.8) is 0 Å². The molecule has 0 aromatic heterocycles. The molecule has 100 valence electrons. The fourth-order valence-corrected chi connectivity index (χ4v) is 1.46. The van der Waals surface area contributed by atoms with Crippen molar-refractivity contribution >= 4 is 5.91 Å². The van der Waals surface area contributed by atoms with Crippen LogP contribution >= 0.6 is 0 Å². The van der Waals surface area contributed by atoms with Gasteiger partial charge in [-0.05, 0) is 26.0 Å². The molecule has 2 N–H and O–H groups in total. The predicted octanol–water partition coefficient (Wildman–Crippen LogP) is 1.20. The maximum atomic E-state index is 12.1. The zero-order valence-electron chi connectivity index (χ0n) is 11.1. The van der Waals surface area contributed by atoms with Crippen molar-refractivity contribution in [1.82, 2.24) is 5.32 Å². The second kappa shape index (κ2) is 5.73. The second-order valence-corrected chi connectivity index (χ2v) is 4.53. The number of hydrogen-bond donors (Lipinski definition) is 2. The summed E-state index contributed by atoms with van der Waals surface area (Å²) in [5.41, 5.74) is -0.642. The number of carbonyl (C=O) groups is 1. The van der Waals surface area contributed by atoms with Crippen molar-refractivity contribution in [2.75, 3.05) is 20.8 Å². The summed E-state index contributed by atoms with van der Waals surface area (Å²) < 4.78 is 10.3. The van der Waals surface area contributed by atoms with Gasteiger partial charge >= 0.3 is 0 Å². The van der Waals surface area contributed by atoms with E-state index in [1.54, 1.807) is 32.0 Å². The summed E-state index contributed by atoms with van der Waals surface area (Å²) in [5, 5.41) is 12.2. The number of methoxy groups -OCH3 is 2. The minimum atomic E-state index is -0.967. The number of carbonyl (C=O) groups excluding carboxylic acids is 1. The Labute approximate surface area is 107 Å². The molecule has 1 aromatic carbocycles. The molecular weight excluding hydrogens is 234 g/mol. The average molecular weight is 253 g/mol. The van der Waals surface area contributed by atoms with E-state index in [4.69, 9.17) is 9.47 Å². The van der Waals surface area contributed by atoms with E-state index < -0.39 is 5.60 Å². The zero-order chi connectivity index (χ0) is 13.8. The van der Waals surface area contributed by atoms with Gasteiger partial charge in [-0.25, -0.2) is 0 Å². The van der Waals surface area contributed by atoms with Crippen LogP contribution in [0.25, 0.3) is 0 Å². The van der Waals surface area contributed by atoms with Crippen LogP contribution < -0.4 is 14.8 Å². The van der Waals surface area contributed by atoms with Gasteiger partial charge in [-0.15, -0.1) is 0 Å². The van der Waals surface area contributed by atoms with Gasteiger partial charge in [-0.2, -0.15) is 0 Å². The molecule has 0 fully saturated rings. The van der Waals surface area contributed by atoms with Crippen LogP contribution in [0.4, 0.5) is 0 Å². The number of hydrogen-bond acceptors (Lipinski definition) is 4. The van der Waals surface area contributed by atoms with Crippen LogP contribution in [-0.4, -0.2) is 37.4 Å². The van der Waals surface area contributed by atoms with Gasteiger partial charge in [0.25, 0.3) is 5.91 Å². The third kappa shape index (κ3) is 3.63. The Kier molecular flexibility index (Phi) is 4.55. The van der Waals surface area contributed by atoms with Crippen LogP contribution in [0.15, 0.2) is 18.2 Å². The molecule has 18 heavy (non-hydrogen) atoms. The number of aliphatic hydroxyl groups is 1. The summed E-state index contributed by atoms with van der Waals surface area (Å²) in [4.78, 5) is 12.1. The van der Waals surface area contributed by atoms with Crippen molar-refractivity contribution in [1.29, 1.82) is 0 Å². The molecule has 5 heteroatoms. The van der Waals surface area contributed by atoms with Crippen LogP contribution in [0.2, 0.25) is 0 Å². The maximum Gasteiger partial charge on any atom is 0.258 e. The minimum Gasteiger partial charge on any atom is -0.496 e. The number of nitrogens with one attached hydrogen (secondary N) is 1. The highest BCUT2D eigenvalue weighted by Gasteiger charge is 2.20. The smallest absolute Gasteiger partial charge is 0.258 e. The Morgan fingerprint density at radius 2 is 1.78 bits per heavy atom. The number of rotatable bonds is 5. The summed E-state index contributed by atoms with van der Waals surface area (Å²) >= 11 is 0. The van der Waals surface area contributed by atoms with E-state index in [9.17, 15) is 9.90 Å². The molecule has 0 atom stereocenters. The maximum absolute atomic E-state index is 12.1. The standard InChI is InChI=1S/C13H19NO4/c1-13(2,16)8-14-12(15)11-9(17-3)6-5-7-10(11)18-4/h5-7,16H,8H2,1-4H3,(H,14,15). The molecule has 1 rings (SSSR count). The fraction of sp³-hybridized carbons (Fsp3) is 0.462. The molecule has 0 aliphatic carbocycles. The number of benzene rings is 1. The van der Waals surface area contributed by atoms with Gasteiger partial charge < -0.3 is 19.9 Å². The molecule has 1 amide bonds. The van der Waals surface area contributed by atoms with Gasteiger partial charge in [0, 0.05) is 6.54 Å². The van der Waals surface area contributed by atoms with Crippen molar-refractivity contribution in [3.05, 3.63) is 23.8 Å². The van der Waals surface area contributed by atoms with Crippen molar-refractivity contribution in [3.8, 4) is 11.5 Å². The van der Waals surface area contributed by atoms with Gasteiger partial charge in [0.15, 0.2) is 0 Å². The molecule has 0 unspecified atom stereocenters. The molecule has 0 saturated carbocycles. The highest BCUT2D eigenvalue weighted by molar-refractivity contribution is 5.99. The normalized spacial score (nSPS) is 10.9. The second-order valence-electron chi connectivity index (χ2n) is 4.53. The van der Waals surface area contributed by atoms with Crippen molar-refractivity contribution in [2.24, 2.45) is 0 Å². The first-order chi connectivity index (χ1) is 8.39. The Hall–Kier alpha value is -1.75. The predicted molar refractivity (Wildman–Crippen MR) is 68.2 cm³/mol. The molecule has 0 spiro atoms. The molecule has 0 aliphatic rings. The van der Waals surface area contributed by atoms with E-state index in [2.05, 4.69) is 5.32 Å².